The molecule has 3 nitrogen and oxygen atoms in total. The summed E-state index contributed by atoms with van der Waals surface area (Å²) >= 11 is 0. The molecule has 0 aromatic heterocycles. The van der Waals surface area contributed by atoms with E-state index in [-0.39, 0.29) is 24.6 Å². The first kappa shape index (κ1) is 12.6. The minimum absolute atomic E-state index is 0. The first-order valence-electron chi connectivity index (χ1n) is 4.15. The number of hydrogen-bond donors (Lipinski definition) is 1. The summed E-state index contributed by atoms with van der Waals surface area (Å²) in [5, 5.41) is 2.27. The van der Waals surface area contributed by atoms with Crippen LogP contribution in [0.2, 0.25) is 0 Å². The second-order valence-corrected chi connectivity index (χ2v) is 3.08. The lowest BCUT2D eigenvalue weighted by atomic mass is 10.1. The molecule has 2 rings (SSSR count). The number of halogens is 4. The maximum Gasteiger partial charge on any atom is 0.407 e. The Hall–Kier alpha value is -1.43. The van der Waals surface area contributed by atoms with E-state index in [1.165, 1.54) is 0 Å². The van der Waals surface area contributed by atoms with E-state index < -0.39 is 29.6 Å². The number of ether oxygens (including phenoxy) is 1. The maximum absolute atomic E-state index is 13.2. The van der Waals surface area contributed by atoms with Gasteiger partial charge in [-0.1, -0.05) is 0 Å². The summed E-state index contributed by atoms with van der Waals surface area (Å²) < 4.78 is 43.1. The number of benzene rings is 1. The minimum atomic E-state index is -1.26. The van der Waals surface area contributed by atoms with Crippen molar-refractivity contribution < 1.29 is 22.7 Å². The first-order chi connectivity index (χ1) is 7.08. The van der Waals surface area contributed by atoms with E-state index in [0.29, 0.717) is 12.1 Å². The highest BCUT2D eigenvalue weighted by molar-refractivity contribution is 5.85. The Labute approximate surface area is 95.0 Å². The van der Waals surface area contributed by atoms with E-state index >= 15 is 0 Å². The highest BCUT2D eigenvalue weighted by atomic mass is 35.5. The second-order valence-electron chi connectivity index (χ2n) is 3.08. The molecule has 0 spiro atoms. The maximum atomic E-state index is 13.2. The van der Waals surface area contributed by atoms with E-state index in [9.17, 15) is 18.0 Å². The predicted molar refractivity (Wildman–Crippen MR) is 50.8 cm³/mol. The minimum Gasteiger partial charge on any atom is -0.447 e. The predicted octanol–water partition coefficient (Wildman–Crippen LogP) is 2.31. The van der Waals surface area contributed by atoms with Crippen molar-refractivity contribution in [3.8, 4) is 0 Å². The molecular formula is C9H7ClF3NO2. The molecule has 0 unspecified atom stereocenters. The molecule has 0 radical (unpaired) electrons. The summed E-state index contributed by atoms with van der Waals surface area (Å²) in [5.74, 6) is -3.33. The number of rotatable bonds is 1. The fraction of sp³-hybridized carbons (Fsp3) is 0.222. The Morgan fingerprint density at radius 3 is 2.38 bits per heavy atom. The molecule has 7 heteroatoms. The van der Waals surface area contributed by atoms with Crippen LogP contribution < -0.4 is 5.32 Å². The van der Waals surface area contributed by atoms with E-state index in [2.05, 4.69) is 10.1 Å². The Bertz CT molecular complexity index is 427. The summed E-state index contributed by atoms with van der Waals surface area (Å²) in [6.45, 7) is -0.0964. The molecule has 0 aliphatic carbocycles. The number of nitrogens with one attached hydrogen (secondary N) is 1. The fourth-order valence-electron chi connectivity index (χ4n) is 1.36. The highest BCUT2D eigenvalue weighted by Gasteiger charge is 2.27. The van der Waals surface area contributed by atoms with Crippen LogP contribution >= 0.6 is 12.4 Å². The van der Waals surface area contributed by atoms with Crippen LogP contribution in [0, 0.1) is 17.5 Å². The SMILES string of the molecule is Cl.O=C1N[C@@H](c2cc(F)c(F)cc2F)CO1. The van der Waals surface area contributed by atoms with Gasteiger partial charge in [0.25, 0.3) is 0 Å². The van der Waals surface area contributed by atoms with Crippen LogP contribution in [0.5, 0.6) is 0 Å². The van der Waals surface area contributed by atoms with Gasteiger partial charge in [0.15, 0.2) is 11.6 Å². The number of amides is 1. The standard InChI is InChI=1S/C9H6F3NO2.ClH/c10-5-2-7(12)6(11)1-4(5)8-3-15-9(14)13-8;/h1-2,8H,3H2,(H,13,14);1H/t8-;/m1./s1. The Balaban J connectivity index is 0.00000128. The lowest BCUT2D eigenvalue weighted by Gasteiger charge is -2.09. The molecule has 1 saturated heterocycles. The van der Waals surface area contributed by atoms with E-state index in [4.69, 9.17) is 0 Å². The van der Waals surface area contributed by atoms with Gasteiger partial charge in [0.2, 0.25) is 0 Å². The van der Waals surface area contributed by atoms with Crippen molar-refractivity contribution in [1.29, 1.82) is 0 Å². The lowest BCUT2D eigenvalue weighted by molar-refractivity contribution is 0.176. The van der Waals surface area contributed by atoms with Gasteiger partial charge in [0.1, 0.15) is 12.4 Å². The van der Waals surface area contributed by atoms with Crippen LogP contribution in [0.25, 0.3) is 0 Å². The van der Waals surface area contributed by atoms with Gasteiger partial charge in [-0.05, 0) is 6.07 Å². The molecule has 1 amide bonds. The lowest BCUT2D eigenvalue weighted by Crippen LogP contribution is -2.19. The van der Waals surface area contributed by atoms with Crippen molar-refractivity contribution in [3.05, 3.63) is 35.1 Å². The van der Waals surface area contributed by atoms with Crippen molar-refractivity contribution in [2.45, 2.75) is 6.04 Å². The largest absolute Gasteiger partial charge is 0.447 e. The highest BCUT2D eigenvalue weighted by Crippen LogP contribution is 2.23. The van der Waals surface area contributed by atoms with Crippen LogP contribution in [0.4, 0.5) is 18.0 Å². The molecule has 1 aliphatic rings. The topological polar surface area (TPSA) is 38.3 Å². The average Bonchev–Trinajstić information content (AvgIpc) is 2.58. The van der Waals surface area contributed by atoms with Crippen LogP contribution in [-0.2, 0) is 4.74 Å². The molecule has 1 aromatic rings. The zero-order chi connectivity index (χ0) is 11.0. The van der Waals surface area contributed by atoms with Gasteiger partial charge in [0, 0.05) is 11.6 Å². The van der Waals surface area contributed by atoms with Crippen molar-refractivity contribution in [3.63, 3.8) is 0 Å². The van der Waals surface area contributed by atoms with Crippen molar-refractivity contribution >= 4 is 18.5 Å². The van der Waals surface area contributed by atoms with Gasteiger partial charge < -0.3 is 10.1 Å². The third-order valence-electron chi connectivity index (χ3n) is 2.09. The summed E-state index contributed by atoms with van der Waals surface area (Å²) in [6, 6.07) is 0.381. The van der Waals surface area contributed by atoms with Crippen LogP contribution in [0.1, 0.15) is 11.6 Å². The smallest absolute Gasteiger partial charge is 0.407 e. The van der Waals surface area contributed by atoms with Crippen LogP contribution in [0.15, 0.2) is 12.1 Å². The van der Waals surface area contributed by atoms with Gasteiger partial charge in [0.05, 0.1) is 6.04 Å². The summed E-state index contributed by atoms with van der Waals surface area (Å²) in [5.41, 5.74) is -0.125. The van der Waals surface area contributed by atoms with Gasteiger partial charge in [-0.25, -0.2) is 18.0 Å². The van der Waals surface area contributed by atoms with E-state index in [0.717, 1.165) is 0 Å². The summed E-state index contributed by atoms with van der Waals surface area (Å²) in [4.78, 5) is 10.7. The quantitative estimate of drug-likeness (QED) is 0.780. The third-order valence-corrected chi connectivity index (χ3v) is 2.09. The molecule has 1 atom stereocenters. The third kappa shape index (κ3) is 2.21. The van der Waals surface area contributed by atoms with Gasteiger partial charge >= 0.3 is 6.09 Å². The van der Waals surface area contributed by atoms with Crippen molar-refractivity contribution in [2.24, 2.45) is 0 Å². The van der Waals surface area contributed by atoms with Gasteiger partial charge in [-0.3, -0.25) is 0 Å². The zero-order valence-corrected chi connectivity index (χ0v) is 8.61. The second kappa shape index (κ2) is 4.61. The Morgan fingerprint density at radius 1 is 1.19 bits per heavy atom. The van der Waals surface area contributed by atoms with Crippen molar-refractivity contribution in [2.75, 3.05) is 6.61 Å². The molecule has 88 valence electrons. The number of carbonyl (C=O) groups excluding carboxylic acids is 1. The van der Waals surface area contributed by atoms with Gasteiger partial charge in [-0.15, -0.1) is 12.4 Å². The first-order valence-corrected chi connectivity index (χ1v) is 4.15. The molecule has 16 heavy (non-hydrogen) atoms. The Kier molecular flexibility index (Phi) is 3.64. The fourth-order valence-corrected chi connectivity index (χ4v) is 1.36. The number of cyclic esters (lactones) is 1. The molecule has 1 fully saturated rings. The number of carbonyl (C=O) groups is 1. The number of alkyl carbamates (subject to hydrolysis) is 1. The van der Waals surface area contributed by atoms with Crippen molar-refractivity contribution in [1.82, 2.24) is 5.32 Å². The molecule has 1 heterocycles. The van der Waals surface area contributed by atoms with E-state index in [1.807, 2.05) is 0 Å². The molecule has 1 aliphatic heterocycles. The molecule has 0 saturated carbocycles. The van der Waals surface area contributed by atoms with Crippen LogP contribution in [0.3, 0.4) is 0 Å². The van der Waals surface area contributed by atoms with Crippen LogP contribution in [-0.4, -0.2) is 12.7 Å². The van der Waals surface area contributed by atoms with Gasteiger partial charge in [-0.2, -0.15) is 0 Å². The summed E-state index contributed by atoms with van der Waals surface area (Å²) in [7, 11) is 0. The average molecular weight is 254 g/mol. The molecule has 1 aromatic carbocycles. The number of hydrogen-bond acceptors (Lipinski definition) is 2. The molecule has 1 N–H and O–H groups in total. The normalized spacial score (nSPS) is 18.7. The van der Waals surface area contributed by atoms with E-state index in [1.54, 1.807) is 0 Å². The molecule has 0 bridgehead atoms. The zero-order valence-electron chi connectivity index (χ0n) is 7.80. The monoisotopic (exact) mass is 253 g/mol. The summed E-state index contributed by atoms with van der Waals surface area (Å²) in [6.07, 6.45) is -0.705. The Morgan fingerprint density at radius 2 is 1.81 bits per heavy atom. The molecular weight excluding hydrogens is 247 g/mol.